The van der Waals surface area contributed by atoms with Crippen LogP contribution in [0.3, 0.4) is 0 Å². The van der Waals surface area contributed by atoms with E-state index < -0.39 is 0 Å². The van der Waals surface area contributed by atoms with Gasteiger partial charge in [-0.15, -0.1) is 0 Å². The molecule has 1 saturated carbocycles. The van der Waals surface area contributed by atoms with Crippen LogP contribution in [0, 0.1) is 5.82 Å². The van der Waals surface area contributed by atoms with Crippen LogP contribution in [-0.2, 0) is 5.41 Å². The average molecular weight is 194 g/mol. The maximum absolute atomic E-state index is 13.6. The third-order valence-corrected chi connectivity index (χ3v) is 3.31. The molecule has 0 unspecified atom stereocenters. The normalized spacial score (nSPS) is 19.9. The lowest BCUT2D eigenvalue weighted by molar-refractivity contribution is 0.192. The highest BCUT2D eigenvalue weighted by Crippen LogP contribution is 2.41. The van der Waals surface area contributed by atoms with Crippen LogP contribution < -0.4 is 0 Å². The number of halogens is 1. The molecule has 0 atom stereocenters. The van der Waals surface area contributed by atoms with Crippen molar-refractivity contribution in [2.24, 2.45) is 0 Å². The van der Waals surface area contributed by atoms with Crippen LogP contribution >= 0.6 is 0 Å². The first-order valence-corrected chi connectivity index (χ1v) is 5.14. The molecule has 1 aromatic carbocycles. The van der Waals surface area contributed by atoms with Gasteiger partial charge in [0.15, 0.2) is 0 Å². The fourth-order valence-corrected chi connectivity index (χ4v) is 2.46. The summed E-state index contributed by atoms with van der Waals surface area (Å²) in [5.74, 6) is -0.177. The first kappa shape index (κ1) is 9.66. The molecule has 76 valence electrons. The van der Waals surface area contributed by atoms with Crippen molar-refractivity contribution in [2.45, 2.75) is 31.1 Å². The van der Waals surface area contributed by atoms with Crippen molar-refractivity contribution >= 4 is 0 Å². The van der Waals surface area contributed by atoms with Crippen LogP contribution in [0.1, 0.15) is 31.2 Å². The van der Waals surface area contributed by atoms with Crippen molar-refractivity contribution in [1.29, 1.82) is 0 Å². The highest BCUT2D eigenvalue weighted by Gasteiger charge is 2.36. The number of benzene rings is 1. The Balaban J connectivity index is 2.41. The standard InChI is InChI=1S/C12H15FO/c13-11-6-2-1-5-10(11)12(9-14)7-3-4-8-12/h1-2,5-6,14H,3-4,7-9H2. The second-order valence-corrected chi connectivity index (χ2v) is 4.13. The van der Waals surface area contributed by atoms with Crippen LogP contribution in [0.25, 0.3) is 0 Å². The summed E-state index contributed by atoms with van der Waals surface area (Å²) in [6, 6.07) is 6.81. The fraction of sp³-hybridized carbons (Fsp3) is 0.500. The van der Waals surface area contributed by atoms with Crippen LogP contribution in [0.15, 0.2) is 24.3 Å². The molecule has 1 fully saturated rings. The first-order chi connectivity index (χ1) is 6.78. The van der Waals surface area contributed by atoms with Crippen molar-refractivity contribution in [3.05, 3.63) is 35.6 Å². The van der Waals surface area contributed by atoms with E-state index in [0.29, 0.717) is 5.56 Å². The number of hydrogen-bond donors (Lipinski definition) is 1. The van der Waals surface area contributed by atoms with Gasteiger partial charge in [0.1, 0.15) is 5.82 Å². The number of aliphatic hydroxyl groups is 1. The highest BCUT2D eigenvalue weighted by atomic mass is 19.1. The van der Waals surface area contributed by atoms with Crippen LogP contribution in [0.4, 0.5) is 4.39 Å². The number of hydrogen-bond acceptors (Lipinski definition) is 1. The lowest BCUT2D eigenvalue weighted by Crippen LogP contribution is -2.27. The predicted octanol–water partition coefficient (Wildman–Crippen LogP) is 2.63. The van der Waals surface area contributed by atoms with E-state index in [0.717, 1.165) is 25.7 Å². The molecule has 2 rings (SSSR count). The first-order valence-electron chi connectivity index (χ1n) is 5.14. The summed E-state index contributed by atoms with van der Waals surface area (Å²) in [4.78, 5) is 0. The average Bonchev–Trinajstić information content (AvgIpc) is 2.68. The van der Waals surface area contributed by atoms with E-state index in [2.05, 4.69) is 0 Å². The van der Waals surface area contributed by atoms with Gasteiger partial charge < -0.3 is 5.11 Å². The molecule has 1 nitrogen and oxygen atoms in total. The predicted molar refractivity (Wildman–Crippen MR) is 53.6 cm³/mol. The Morgan fingerprint density at radius 3 is 2.43 bits per heavy atom. The minimum absolute atomic E-state index is 0.0634. The summed E-state index contributed by atoms with van der Waals surface area (Å²) in [6.07, 6.45) is 4.00. The number of aliphatic hydroxyl groups excluding tert-OH is 1. The SMILES string of the molecule is OCC1(c2ccccc2F)CCCC1. The maximum Gasteiger partial charge on any atom is 0.127 e. The van der Waals surface area contributed by atoms with Crippen LogP contribution in [-0.4, -0.2) is 11.7 Å². The monoisotopic (exact) mass is 194 g/mol. The Bertz CT molecular complexity index is 316. The second kappa shape index (κ2) is 3.70. The lowest BCUT2D eigenvalue weighted by Gasteiger charge is -2.27. The highest BCUT2D eigenvalue weighted by molar-refractivity contribution is 5.28. The van der Waals surface area contributed by atoms with Gasteiger partial charge in [-0.1, -0.05) is 31.0 Å². The van der Waals surface area contributed by atoms with Gasteiger partial charge >= 0.3 is 0 Å². The van der Waals surface area contributed by atoms with Crippen molar-refractivity contribution in [3.63, 3.8) is 0 Å². The van der Waals surface area contributed by atoms with Gasteiger partial charge in [-0.2, -0.15) is 0 Å². The fourth-order valence-electron chi connectivity index (χ4n) is 2.46. The van der Waals surface area contributed by atoms with E-state index >= 15 is 0 Å². The Morgan fingerprint density at radius 2 is 1.86 bits per heavy atom. The summed E-state index contributed by atoms with van der Waals surface area (Å²) in [5, 5.41) is 9.43. The largest absolute Gasteiger partial charge is 0.395 e. The molecule has 1 aliphatic rings. The minimum Gasteiger partial charge on any atom is -0.395 e. The topological polar surface area (TPSA) is 20.2 Å². The summed E-state index contributed by atoms with van der Waals surface area (Å²) in [5.41, 5.74) is 0.394. The molecule has 0 aromatic heterocycles. The van der Waals surface area contributed by atoms with Gasteiger partial charge in [0.05, 0.1) is 6.61 Å². The van der Waals surface area contributed by atoms with Crippen molar-refractivity contribution < 1.29 is 9.50 Å². The lowest BCUT2D eigenvalue weighted by atomic mass is 9.79. The van der Waals surface area contributed by atoms with Gasteiger partial charge in [0, 0.05) is 5.41 Å². The zero-order valence-electron chi connectivity index (χ0n) is 8.17. The third kappa shape index (κ3) is 1.44. The summed E-state index contributed by atoms with van der Waals surface area (Å²) in [6.45, 7) is 0.0634. The van der Waals surface area contributed by atoms with Crippen molar-refractivity contribution in [1.82, 2.24) is 0 Å². The Morgan fingerprint density at radius 1 is 1.21 bits per heavy atom. The number of rotatable bonds is 2. The van der Waals surface area contributed by atoms with Gasteiger partial charge in [0.25, 0.3) is 0 Å². The zero-order valence-corrected chi connectivity index (χ0v) is 8.17. The van der Waals surface area contributed by atoms with E-state index in [4.69, 9.17) is 0 Å². The molecule has 0 spiro atoms. The molecular weight excluding hydrogens is 179 g/mol. The van der Waals surface area contributed by atoms with Crippen molar-refractivity contribution in [3.8, 4) is 0 Å². The van der Waals surface area contributed by atoms with Gasteiger partial charge in [-0.05, 0) is 24.5 Å². The van der Waals surface area contributed by atoms with E-state index in [9.17, 15) is 9.50 Å². The molecule has 0 radical (unpaired) electrons. The molecule has 1 aliphatic carbocycles. The van der Waals surface area contributed by atoms with Gasteiger partial charge in [-0.25, -0.2) is 4.39 Å². The maximum atomic E-state index is 13.6. The molecule has 0 aliphatic heterocycles. The Labute approximate surface area is 83.6 Å². The molecule has 0 bridgehead atoms. The Hall–Kier alpha value is -0.890. The molecular formula is C12H15FO. The summed E-state index contributed by atoms with van der Waals surface area (Å²) in [7, 11) is 0. The molecule has 0 amide bonds. The third-order valence-electron chi connectivity index (χ3n) is 3.31. The molecule has 2 heteroatoms. The zero-order chi connectivity index (χ0) is 10.0. The quantitative estimate of drug-likeness (QED) is 0.767. The summed E-state index contributed by atoms with van der Waals surface area (Å²) < 4.78 is 13.6. The second-order valence-electron chi connectivity index (χ2n) is 4.13. The van der Waals surface area contributed by atoms with Gasteiger partial charge in [0.2, 0.25) is 0 Å². The Kier molecular flexibility index (Phi) is 2.55. The van der Waals surface area contributed by atoms with E-state index in [1.54, 1.807) is 12.1 Å². The van der Waals surface area contributed by atoms with E-state index in [1.165, 1.54) is 6.07 Å². The molecule has 14 heavy (non-hydrogen) atoms. The van der Waals surface area contributed by atoms with Gasteiger partial charge in [-0.3, -0.25) is 0 Å². The molecule has 0 saturated heterocycles. The van der Waals surface area contributed by atoms with Crippen LogP contribution in [0.2, 0.25) is 0 Å². The van der Waals surface area contributed by atoms with Crippen molar-refractivity contribution in [2.75, 3.05) is 6.61 Å². The van der Waals surface area contributed by atoms with E-state index in [-0.39, 0.29) is 17.8 Å². The smallest absolute Gasteiger partial charge is 0.127 e. The molecule has 1 N–H and O–H groups in total. The summed E-state index contributed by atoms with van der Waals surface area (Å²) >= 11 is 0. The molecule has 1 aromatic rings. The minimum atomic E-state index is -0.300. The molecule has 0 heterocycles. The van der Waals surface area contributed by atoms with E-state index in [1.807, 2.05) is 6.07 Å². The van der Waals surface area contributed by atoms with Crippen LogP contribution in [0.5, 0.6) is 0 Å².